The number of hydrogen-bond donors (Lipinski definition) is 0. The molecule has 0 heterocycles. The SMILES string of the molecule is C=C/C=N/[Si](c1ccc(C)cc1)c1ccc(C)cc1. The molecular weight excluding hydrogens is 246 g/mol. The zero-order valence-corrected chi connectivity index (χ0v) is 12.4. The Morgan fingerprint density at radius 1 is 0.842 bits per heavy atom. The van der Waals surface area contributed by atoms with Crippen molar-refractivity contribution in [3.63, 3.8) is 0 Å². The van der Waals surface area contributed by atoms with Gasteiger partial charge < -0.3 is 4.66 Å². The van der Waals surface area contributed by atoms with Crippen molar-refractivity contribution in [2.24, 2.45) is 4.66 Å². The Balaban J connectivity index is 2.40. The Labute approximate surface area is 117 Å². The van der Waals surface area contributed by atoms with Gasteiger partial charge in [-0.2, -0.15) is 0 Å². The molecule has 0 saturated heterocycles. The van der Waals surface area contributed by atoms with Gasteiger partial charge in [-0.1, -0.05) is 72.3 Å². The zero-order chi connectivity index (χ0) is 13.7. The normalized spacial score (nSPS) is 11.1. The van der Waals surface area contributed by atoms with E-state index in [1.807, 2.05) is 6.21 Å². The summed E-state index contributed by atoms with van der Waals surface area (Å²) in [7, 11) is -1.10. The van der Waals surface area contributed by atoms with E-state index in [1.165, 1.54) is 21.5 Å². The lowest BCUT2D eigenvalue weighted by Gasteiger charge is -2.11. The first-order valence-corrected chi connectivity index (χ1v) is 7.81. The van der Waals surface area contributed by atoms with Crippen LogP contribution in [0.5, 0.6) is 0 Å². The van der Waals surface area contributed by atoms with Crippen LogP contribution in [0.1, 0.15) is 11.1 Å². The molecule has 1 nitrogen and oxygen atoms in total. The van der Waals surface area contributed by atoms with E-state index < -0.39 is 8.96 Å². The second kappa shape index (κ2) is 6.30. The molecule has 19 heavy (non-hydrogen) atoms. The summed E-state index contributed by atoms with van der Waals surface area (Å²) >= 11 is 0. The summed E-state index contributed by atoms with van der Waals surface area (Å²) in [5.74, 6) is 0. The number of nitrogens with zero attached hydrogens (tertiary/aromatic N) is 1. The maximum absolute atomic E-state index is 4.70. The lowest BCUT2D eigenvalue weighted by molar-refractivity contribution is 1.48. The highest BCUT2D eigenvalue weighted by Gasteiger charge is 2.15. The van der Waals surface area contributed by atoms with Gasteiger partial charge in [-0.3, -0.25) is 0 Å². The van der Waals surface area contributed by atoms with Crippen LogP contribution in [0.2, 0.25) is 0 Å². The molecule has 0 unspecified atom stereocenters. The monoisotopic (exact) mass is 264 g/mol. The van der Waals surface area contributed by atoms with E-state index in [0.29, 0.717) is 0 Å². The highest BCUT2D eigenvalue weighted by Crippen LogP contribution is 1.99. The van der Waals surface area contributed by atoms with Gasteiger partial charge >= 0.3 is 0 Å². The van der Waals surface area contributed by atoms with Crippen molar-refractivity contribution < 1.29 is 0 Å². The van der Waals surface area contributed by atoms with Gasteiger partial charge in [-0.15, -0.1) is 0 Å². The van der Waals surface area contributed by atoms with E-state index in [0.717, 1.165) is 0 Å². The number of allylic oxidation sites excluding steroid dienone is 1. The molecule has 1 radical (unpaired) electrons. The summed E-state index contributed by atoms with van der Waals surface area (Å²) in [6, 6.07) is 17.3. The van der Waals surface area contributed by atoms with Crippen molar-refractivity contribution >= 4 is 25.5 Å². The topological polar surface area (TPSA) is 12.4 Å². The fraction of sp³-hybridized carbons (Fsp3) is 0.118. The smallest absolute Gasteiger partial charge is 0.265 e. The van der Waals surface area contributed by atoms with Gasteiger partial charge in [0.2, 0.25) is 0 Å². The summed E-state index contributed by atoms with van der Waals surface area (Å²) in [6.07, 6.45) is 3.56. The predicted molar refractivity (Wildman–Crippen MR) is 86.1 cm³/mol. The van der Waals surface area contributed by atoms with E-state index in [-0.39, 0.29) is 0 Å². The molecule has 0 saturated carbocycles. The number of aryl methyl sites for hydroxylation is 2. The van der Waals surface area contributed by atoms with E-state index >= 15 is 0 Å². The third-order valence-corrected chi connectivity index (χ3v) is 5.13. The van der Waals surface area contributed by atoms with E-state index in [4.69, 9.17) is 4.66 Å². The molecule has 0 fully saturated rings. The summed E-state index contributed by atoms with van der Waals surface area (Å²) in [5.41, 5.74) is 2.56. The summed E-state index contributed by atoms with van der Waals surface area (Å²) in [4.78, 5) is 0. The maximum atomic E-state index is 4.70. The maximum Gasteiger partial charge on any atom is 0.265 e. The van der Waals surface area contributed by atoms with Crippen LogP contribution >= 0.6 is 0 Å². The standard InChI is InChI=1S/C17H18NSi/c1-4-13-18-19(16-9-5-14(2)6-10-16)17-11-7-15(3)8-12-17/h4-13H,1H2,2-3H3/b18-13+. The molecule has 0 atom stereocenters. The van der Waals surface area contributed by atoms with E-state index in [9.17, 15) is 0 Å². The molecule has 2 rings (SSSR count). The van der Waals surface area contributed by atoms with Crippen LogP contribution in [0, 0.1) is 13.8 Å². The summed E-state index contributed by atoms with van der Waals surface area (Å²) < 4.78 is 4.70. The van der Waals surface area contributed by atoms with Crippen molar-refractivity contribution in [1.82, 2.24) is 0 Å². The summed E-state index contributed by atoms with van der Waals surface area (Å²) in [5, 5.41) is 2.61. The average molecular weight is 264 g/mol. The van der Waals surface area contributed by atoms with Crippen molar-refractivity contribution in [3.05, 3.63) is 72.3 Å². The molecule has 0 aliphatic heterocycles. The van der Waals surface area contributed by atoms with Crippen LogP contribution in [0.3, 0.4) is 0 Å². The quantitative estimate of drug-likeness (QED) is 0.595. The lowest BCUT2D eigenvalue weighted by atomic mass is 10.2. The molecule has 0 bridgehead atoms. The molecule has 0 aliphatic carbocycles. The number of benzene rings is 2. The summed E-state index contributed by atoms with van der Waals surface area (Å²) in [6.45, 7) is 7.93. The number of rotatable bonds is 4. The van der Waals surface area contributed by atoms with Crippen molar-refractivity contribution in [2.75, 3.05) is 0 Å². The molecular formula is C17H18NSi. The minimum absolute atomic E-state index is 1.10. The van der Waals surface area contributed by atoms with Gasteiger partial charge in [0.15, 0.2) is 0 Å². The largest absolute Gasteiger partial charge is 0.318 e. The molecule has 2 aromatic carbocycles. The lowest BCUT2D eigenvalue weighted by Crippen LogP contribution is -2.40. The Morgan fingerprint density at radius 3 is 1.63 bits per heavy atom. The van der Waals surface area contributed by atoms with Crippen LogP contribution in [0.25, 0.3) is 0 Å². The Bertz CT molecular complexity index is 522. The van der Waals surface area contributed by atoms with Crippen LogP contribution in [-0.4, -0.2) is 15.2 Å². The van der Waals surface area contributed by atoms with Crippen molar-refractivity contribution in [1.29, 1.82) is 0 Å². The minimum Gasteiger partial charge on any atom is -0.318 e. The van der Waals surface area contributed by atoms with Gasteiger partial charge in [0.25, 0.3) is 8.96 Å². The highest BCUT2D eigenvalue weighted by atomic mass is 28.3. The van der Waals surface area contributed by atoms with Gasteiger partial charge in [-0.05, 0) is 24.2 Å². The van der Waals surface area contributed by atoms with Crippen LogP contribution < -0.4 is 10.4 Å². The minimum atomic E-state index is -1.10. The molecule has 0 aliphatic rings. The molecule has 0 spiro atoms. The number of hydrogen-bond acceptors (Lipinski definition) is 1. The third-order valence-electron chi connectivity index (χ3n) is 2.96. The van der Waals surface area contributed by atoms with Crippen molar-refractivity contribution in [3.8, 4) is 0 Å². The highest BCUT2D eigenvalue weighted by molar-refractivity contribution is 6.84. The molecule has 2 aromatic rings. The molecule has 0 aromatic heterocycles. The van der Waals surface area contributed by atoms with Crippen molar-refractivity contribution in [2.45, 2.75) is 13.8 Å². The van der Waals surface area contributed by atoms with Gasteiger partial charge in [0.05, 0.1) is 0 Å². The Morgan fingerprint density at radius 2 is 1.26 bits per heavy atom. The third kappa shape index (κ3) is 3.52. The second-order valence-corrected chi connectivity index (χ2v) is 6.70. The molecule has 2 heteroatoms. The van der Waals surface area contributed by atoms with E-state index in [1.54, 1.807) is 6.08 Å². The fourth-order valence-electron chi connectivity index (χ4n) is 1.87. The van der Waals surface area contributed by atoms with Crippen LogP contribution in [0.15, 0.2) is 65.8 Å². The molecule has 95 valence electrons. The van der Waals surface area contributed by atoms with Gasteiger partial charge in [-0.25, -0.2) is 0 Å². The fourth-order valence-corrected chi connectivity index (χ4v) is 3.72. The second-order valence-electron chi connectivity index (χ2n) is 4.59. The molecule has 0 N–H and O–H groups in total. The van der Waals surface area contributed by atoms with Crippen LogP contribution in [-0.2, 0) is 0 Å². The Hall–Kier alpha value is -1.93. The first-order valence-electron chi connectivity index (χ1n) is 6.37. The first kappa shape index (κ1) is 13.5. The van der Waals surface area contributed by atoms with E-state index in [2.05, 4.69) is 69.0 Å². The predicted octanol–water partition coefficient (Wildman–Crippen LogP) is 2.67. The Kier molecular flexibility index (Phi) is 4.47. The van der Waals surface area contributed by atoms with Crippen LogP contribution in [0.4, 0.5) is 0 Å². The molecule has 0 amide bonds. The van der Waals surface area contributed by atoms with Gasteiger partial charge in [0, 0.05) is 6.21 Å². The zero-order valence-electron chi connectivity index (χ0n) is 11.4. The first-order chi connectivity index (χ1) is 9.20. The average Bonchev–Trinajstić information content (AvgIpc) is 2.43. The van der Waals surface area contributed by atoms with Gasteiger partial charge in [0.1, 0.15) is 0 Å².